The standard InChI is InChI=1S/C17H16N4O3/c1-3-23-16(22)14-10(2)19-17-20-12-6-4-5-7-13(12)21(17)15(14)11-8-18-24-9-11/h4-9,15H,3H2,1-2H3,(H,19,20). The molecular weight excluding hydrogens is 308 g/mol. The predicted molar refractivity (Wildman–Crippen MR) is 87.3 cm³/mol. The molecule has 0 saturated heterocycles. The van der Waals surface area contributed by atoms with Gasteiger partial charge in [-0.1, -0.05) is 17.3 Å². The number of rotatable bonds is 3. The number of nitrogens with zero attached hydrogens (tertiary/aromatic N) is 3. The quantitative estimate of drug-likeness (QED) is 0.746. The molecule has 0 amide bonds. The number of para-hydroxylation sites is 2. The number of carbonyl (C=O) groups is 1. The van der Waals surface area contributed by atoms with Crippen molar-refractivity contribution in [2.75, 3.05) is 11.9 Å². The molecule has 0 radical (unpaired) electrons. The molecule has 1 aromatic carbocycles. The number of hydrogen-bond donors (Lipinski definition) is 1. The molecule has 0 fully saturated rings. The smallest absolute Gasteiger partial charge is 0.338 e. The molecule has 1 N–H and O–H groups in total. The summed E-state index contributed by atoms with van der Waals surface area (Å²) in [6, 6.07) is 7.38. The molecule has 0 bridgehead atoms. The van der Waals surface area contributed by atoms with Crippen LogP contribution in [0, 0.1) is 0 Å². The third-order valence-electron chi connectivity index (χ3n) is 4.09. The van der Waals surface area contributed by atoms with Gasteiger partial charge in [0, 0.05) is 11.3 Å². The number of nitrogens with one attached hydrogen (secondary N) is 1. The zero-order chi connectivity index (χ0) is 16.7. The Morgan fingerprint density at radius 3 is 3.00 bits per heavy atom. The van der Waals surface area contributed by atoms with Gasteiger partial charge in [-0.15, -0.1) is 0 Å². The molecule has 2 aromatic heterocycles. The minimum Gasteiger partial charge on any atom is -0.463 e. The number of imidazole rings is 1. The largest absolute Gasteiger partial charge is 0.463 e. The number of carbonyl (C=O) groups excluding carboxylic acids is 1. The molecule has 0 aliphatic carbocycles. The summed E-state index contributed by atoms with van der Waals surface area (Å²) in [5, 5.41) is 7.01. The summed E-state index contributed by atoms with van der Waals surface area (Å²) < 4.78 is 12.3. The molecule has 3 heterocycles. The van der Waals surface area contributed by atoms with Gasteiger partial charge in [-0.3, -0.25) is 4.57 Å². The minimum atomic E-state index is -0.404. The number of hydrogen-bond acceptors (Lipinski definition) is 6. The first-order valence-electron chi connectivity index (χ1n) is 7.72. The highest BCUT2D eigenvalue weighted by molar-refractivity contribution is 5.94. The Labute approximate surface area is 137 Å². The number of benzene rings is 1. The second-order valence-electron chi connectivity index (χ2n) is 5.54. The van der Waals surface area contributed by atoms with Crippen LogP contribution in [0.15, 0.2) is 52.5 Å². The van der Waals surface area contributed by atoms with Gasteiger partial charge in [0.25, 0.3) is 0 Å². The molecular formula is C17H16N4O3. The fraction of sp³-hybridized carbons (Fsp3) is 0.235. The summed E-state index contributed by atoms with van der Waals surface area (Å²) in [6.07, 6.45) is 3.15. The number of allylic oxidation sites excluding steroid dienone is 1. The summed E-state index contributed by atoms with van der Waals surface area (Å²) in [5.41, 5.74) is 3.77. The van der Waals surface area contributed by atoms with Crippen LogP contribution >= 0.6 is 0 Å². The maximum absolute atomic E-state index is 12.6. The number of anilines is 1. The van der Waals surface area contributed by atoms with Crippen LogP contribution in [0.2, 0.25) is 0 Å². The van der Waals surface area contributed by atoms with Crippen molar-refractivity contribution in [2.45, 2.75) is 19.9 Å². The first-order chi connectivity index (χ1) is 11.7. The fourth-order valence-electron chi connectivity index (χ4n) is 3.10. The number of ether oxygens (including phenoxy) is 1. The lowest BCUT2D eigenvalue weighted by Gasteiger charge is -2.28. The number of fused-ring (bicyclic) bond motifs is 3. The second kappa shape index (κ2) is 5.52. The topological polar surface area (TPSA) is 82.2 Å². The summed E-state index contributed by atoms with van der Waals surface area (Å²) in [7, 11) is 0. The summed E-state index contributed by atoms with van der Waals surface area (Å²) >= 11 is 0. The Hall–Kier alpha value is -3.09. The Morgan fingerprint density at radius 2 is 2.25 bits per heavy atom. The van der Waals surface area contributed by atoms with Gasteiger partial charge in [0.2, 0.25) is 5.95 Å². The van der Waals surface area contributed by atoms with Gasteiger partial charge in [-0.2, -0.15) is 0 Å². The first-order valence-corrected chi connectivity index (χ1v) is 7.72. The summed E-state index contributed by atoms with van der Waals surface area (Å²) in [6.45, 7) is 3.94. The average Bonchev–Trinajstić information content (AvgIpc) is 3.21. The Kier molecular flexibility index (Phi) is 3.34. The van der Waals surface area contributed by atoms with E-state index in [-0.39, 0.29) is 5.97 Å². The molecule has 122 valence electrons. The Balaban J connectivity index is 1.97. The lowest BCUT2D eigenvalue weighted by atomic mass is 9.97. The zero-order valence-electron chi connectivity index (χ0n) is 13.3. The highest BCUT2D eigenvalue weighted by Gasteiger charge is 2.35. The van der Waals surface area contributed by atoms with Crippen LogP contribution in [0.5, 0.6) is 0 Å². The van der Waals surface area contributed by atoms with E-state index < -0.39 is 6.04 Å². The van der Waals surface area contributed by atoms with E-state index in [0.717, 1.165) is 16.6 Å². The first kappa shape index (κ1) is 14.5. The average molecular weight is 324 g/mol. The van der Waals surface area contributed by atoms with E-state index in [1.54, 1.807) is 19.4 Å². The van der Waals surface area contributed by atoms with E-state index in [2.05, 4.69) is 15.5 Å². The van der Waals surface area contributed by atoms with Crippen LogP contribution in [0.3, 0.4) is 0 Å². The van der Waals surface area contributed by atoms with Gasteiger partial charge in [0.05, 0.1) is 29.4 Å². The lowest BCUT2D eigenvalue weighted by Crippen LogP contribution is -2.28. The van der Waals surface area contributed by atoms with Crippen molar-refractivity contribution in [1.82, 2.24) is 14.7 Å². The van der Waals surface area contributed by atoms with Crippen molar-refractivity contribution >= 4 is 23.0 Å². The van der Waals surface area contributed by atoms with Gasteiger partial charge in [0.15, 0.2) is 0 Å². The molecule has 7 nitrogen and oxygen atoms in total. The van der Waals surface area contributed by atoms with E-state index >= 15 is 0 Å². The number of aromatic nitrogens is 3. The van der Waals surface area contributed by atoms with E-state index in [9.17, 15) is 4.79 Å². The SMILES string of the molecule is CCOC(=O)C1=C(C)Nc2nc3ccccc3n2C1c1cnoc1. The van der Waals surface area contributed by atoms with Crippen molar-refractivity contribution in [2.24, 2.45) is 0 Å². The molecule has 1 aliphatic heterocycles. The van der Waals surface area contributed by atoms with Gasteiger partial charge < -0.3 is 14.6 Å². The van der Waals surface area contributed by atoms with Crippen molar-refractivity contribution in [3.8, 4) is 0 Å². The van der Waals surface area contributed by atoms with Crippen LogP contribution in [-0.4, -0.2) is 27.3 Å². The molecule has 1 unspecified atom stereocenters. The number of esters is 1. The monoisotopic (exact) mass is 324 g/mol. The van der Waals surface area contributed by atoms with Crippen LogP contribution in [-0.2, 0) is 9.53 Å². The Bertz CT molecular complexity index is 940. The molecule has 7 heteroatoms. The molecule has 1 atom stereocenters. The van der Waals surface area contributed by atoms with Gasteiger partial charge in [0.1, 0.15) is 12.3 Å². The molecule has 0 spiro atoms. The zero-order valence-corrected chi connectivity index (χ0v) is 13.3. The Morgan fingerprint density at radius 1 is 1.42 bits per heavy atom. The summed E-state index contributed by atoms with van der Waals surface area (Å²) in [5.74, 6) is 0.310. The van der Waals surface area contributed by atoms with Crippen molar-refractivity contribution in [3.63, 3.8) is 0 Å². The maximum Gasteiger partial charge on any atom is 0.338 e. The van der Waals surface area contributed by atoms with E-state index in [0.29, 0.717) is 23.8 Å². The summed E-state index contributed by atoms with van der Waals surface area (Å²) in [4.78, 5) is 17.2. The van der Waals surface area contributed by atoms with E-state index in [1.165, 1.54) is 0 Å². The van der Waals surface area contributed by atoms with Crippen LogP contribution in [0.4, 0.5) is 5.95 Å². The fourth-order valence-corrected chi connectivity index (χ4v) is 3.10. The van der Waals surface area contributed by atoms with E-state index in [1.807, 2.05) is 35.8 Å². The van der Waals surface area contributed by atoms with Gasteiger partial charge in [-0.25, -0.2) is 9.78 Å². The third kappa shape index (κ3) is 2.09. The molecule has 3 aromatic rings. The molecule has 24 heavy (non-hydrogen) atoms. The molecule has 0 saturated carbocycles. The molecule has 1 aliphatic rings. The van der Waals surface area contributed by atoms with E-state index in [4.69, 9.17) is 9.26 Å². The van der Waals surface area contributed by atoms with Crippen LogP contribution in [0.1, 0.15) is 25.5 Å². The van der Waals surface area contributed by atoms with Crippen LogP contribution < -0.4 is 5.32 Å². The maximum atomic E-state index is 12.6. The normalized spacial score (nSPS) is 16.8. The second-order valence-corrected chi connectivity index (χ2v) is 5.54. The third-order valence-corrected chi connectivity index (χ3v) is 4.09. The highest BCUT2D eigenvalue weighted by atomic mass is 16.5. The highest BCUT2D eigenvalue weighted by Crippen LogP contribution is 2.39. The lowest BCUT2D eigenvalue weighted by molar-refractivity contribution is -0.139. The van der Waals surface area contributed by atoms with Crippen molar-refractivity contribution < 1.29 is 14.1 Å². The predicted octanol–water partition coefficient (Wildman–Crippen LogP) is 2.88. The van der Waals surface area contributed by atoms with Crippen molar-refractivity contribution in [3.05, 3.63) is 53.6 Å². The molecule has 4 rings (SSSR count). The van der Waals surface area contributed by atoms with Crippen molar-refractivity contribution in [1.29, 1.82) is 0 Å². The van der Waals surface area contributed by atoms with Gasteiger partial charge >= 0.3 is 5.97 Å². The van der Waals surface area contributed by atoms with Gasteiger partial charge in [-0.05, 0) is 26.0 Å². The minimum absolute atomic E-state index is 0.309. The van der Waals surface area contributed by atoms with Crippen LogP contribution in [0.25, 0.3) is 11.0 Å².